The number of rotatable bonds is 3. The summed E-state index contributed by atoms with van der Waals surface area (Å²) >= 11 is 5.85. The Labute approximate surface area is 109 Å². The van der Waals surface area contributed by atoms with Crippen molar-refractivity contribution in [1.82, 2.24) is 0 Å². The van der Waals surface area contributed by atoms with E-state index in [1.165, 1.54) is 12.1 Å². The lowest BCUT2D eigenvalue weighted by molar-refractivity contribution is 0.414. The summed E-state index contributed by atoms with van der Waals surface area (Å²) in [6.07, 6.45) is 0. The molecule has 0 saturated heterocycles. The lowest BCUT2D eigenvalue weighted by Gasteiger charge is -2.10. The van der Waals surface area contributed by atoms with E-state index in [9.17, 15) is 8.78 Å². The Morgan fingerprint density at radius 3 is 2.28 bits per heavy atom. The van der Waals surface area contributed by atoms with Crippen LogP contribution in [0.2, 0.25) is 0 Å². The van der Waals surface area contributed by atoms with Crippen LogP contribution in [0.4, 0.5) is 8.78 Å². The van der Waals surface area contributed by atoms with Gasteiger partial charge in [-0.1, -0.05) is 6.07 Å². The van der Waals surface area contributed by atoms with Gasteiger partial charge in [-0.05, 0) is 41.0 Å². The summed E-state index contributed by atoms with van der Waals surface area (Å²) in [6, 6.07) is 8.62. The minimum absolute atomic E-state index is 0.241. The molecule has 0 amide bonds. The van der Waals surface area contributed by atoms with E-state index >= 15 is 0 Å². The maximum Gasteiger partial charge on any atom is 0.126 e. The molecule has 4 heteroatoms. The molecule has 0 N–H and O–H groups in total. The standard InChI is InChI=1S/C14H11ClF2O/c1-18-13-2-3-14(10(6-13)8-15)9-4-11(16)7-12(17)5-9/h2-7H,8H2,1H3. The van der Waals surface area contributed by atoms with Crippen LogP contribution in [0.1, 0.15) is 5.56 Å². The summed E-state index contributed by atoms with van der Waals surface area (Å²) in [4.78, 5) is 0. The molecule has 2 aromatic carbocycles. The minimum atomic E-state index is -0.610. The highest BCUT2D eigenvalue weighted by Crippen LogP contribution is 2.29. The van der Waals surface area contributed by atoms with Crippen LogP contribution in [0, 0.1) is 11.6 Å². The van der Waals surface area contributed by atoms with E-state index < -0.39 is 11.6 Å². The fourth-order valence-electron chi connectivity index (χ4n) is 1.80. The molecule has 0 saturated carbocycles. The Morgan fingerprint density at radius 2 is 1.72 bits per heavy atom. The van der Waals surface area contributed by atoms with Crippen LogP contribution < -0.4 is 4.74 Å². The van der Waals surface area contributed by atoms with Gasteiger partial charge in [0.15, 0.2) is 0 Å². The van der Waals surface area contributed by atoms with Crippen LogP contribution in [-0.2, 0) is 5.88 Å². The first-order valence-electron chi connectivity index (χ1n) is 5.33. The van der Waals surface area contributed by atoms with E-state index in [1.807, 2.05) is 0 Å². The lowest BCUT2D eigenvalue weighted by atomic mass is 10.00. The molecule has 0 spiro atoms. The zero-order chi connectivity index (χ0) is 13.1. The maximum atomic E-state index is 13.2. The molecule has 2 rings (SSSR count). The van der Waals surface area contributed by atoms with Gasteiger partial charge in [-0.25, -0.2) is 8.78 Å². The molecule has 0 aliphatic heterocycles. The number of benzene rings is 2. The molecule has 0 aromatic heterocycles. The summed E-state index contributed by atoms with van der Waals surface area (Å²) in [7, 11) is 1.55. The quantitative estimate of drug-likeness (QED) is 0.751. The smallest absolute Gasteiger partial charge is 0.126 e. The Bertz CT molecular complexity index is 549. The van der Waals surface area contributed by atoms with Crippen LogP contribution in [0.5, 0.6) is 5.75 Å². The van der Waals surface area contributed by atoms with Crippen molar-refractivity contribution in [3.63, 3.8) is 0 Å². The van der Waals surface area contributed by atoms with Gasteiger partial charge in [0.05, 0.1) is 7.11 Å². The van der Waals surface area contributed by atoms with Crippen molar-refractivity contribution >= 4 is 11.6 Å². The molecule has 0 unspecified atom stereocenters. The minimum Gasteiger partial charge on any atom is -0.497 e. The molecular formula is C14H11ClF2O. The van der Waals surface area contributed by atoms with Gasteiger partial charge in [-0.3, -0.25) is 0 Å². The zero-order valence-electron chi connectivity index (χ0n) is 9.71. The average molecular weight is 269 g/mol. The normalized spacial score (nSPS) is 10.4. The largest absolute Gasteiger partial charge is 0.497 e. The second-order valence-electron chi connectivity index (χ2n) is 3.81. The molecule has 0 aliphatic rings. The van der Waals surface area contributed by atoms with Crippen molar-refractivity contribution in [2.75, 3.05) is 7.11 Å². The van der Waals surface area contributed by atoms with Gasteiger partial charge >= 0.3 is 0 Å². The molecule has 1 nitrogen and oxygen atoms in total. The van der Waals surface area contributed by atoms with E-state index in [0.717, 1.165) is 11.6 Å². The molecule has 94 valence electrons. The number of methoxy groups -OCH3 is 1. The number of hydrogen-bond acceptors (Lipinski definition) is 1. The Balaban J connectivity index is 2.55. The topological polar surface area (TPSA) is 9.23 Å². The van der Waals surface area contributed by atoms with Gasteiger partial charge in [0.2, 0.25) is 0 Å². The molecule has 0 heterocycles. The number of halogens is 3. The highest BCUT2D eigenvalue weighted by molar-refractivity contribution is 6.17. The highest BCUT2D eigenvalue weighted by atomic mass is 35.5. The third-order valence-electron chi connectivity index (χ3n) is 2.63. The van der Waals surface area contributed by atoms with Crippen LogP contribution in [-0.4, -0.2) is 7.11 Å². The van der Waals surface area contributed by atoms with Crippen molar-refractivity contribution in [2.45, 2.75) is 5.88 Å². The fourth-order valence-corrected chi connectivity index (χ4v) is 2.02. The number of alkyl halides is 1. The van der Waals surface area contributed by atoms with Crippen LogP contribution in [0.3, 0.4) is 0 Å². The molecule has 0 radical (unpaired) electrons. The van der Waals surface area contributed by atoms with E-state index in [2.05, 4.69) is 0 Å². The SMILES string of the molecule is COc1ccc(-c2cc(F)cc(F)c2)c(CCl)c1. The van der Waals surface area contributed by atoms with Crippen molar-refractivity contribution in [1.29, 1.82) is 0 Å². The molecule has 0 aliphatic carbocycles. The van der Waals surface area contributed by atoms with Crippen LogP contribution in [0.25, 0.3) is 11.1 Å². The van der Waals surface area contributed by atoms with Crippen molar-refractivity contribution < 1.29 is 13.5 Å². The molecular weight excluding hydrogens is 258 g/mol. The lowest BCUT2D eigenvalue weighted by Crippen LogP contribution is -1.91. The van der Waals surface area contributed by atoms with Gasteiger partial charge in [0.1, 0.15) is 17.4 Å². The van der Waals surface area contributed by atoms with Crippen LogP contribution >= 0.6 is 11.6 Å². The third-order valence-corrected chi connectivity index (χ3v) is 2.92. The van der Waals surface area contributed by atoms with Gasteiger partial charge in [0.25, 0.3) is 0 Å². The number of hydrogen-bond donors (Lipinski definition) is 0. The summed E-state index contributed by atoms with van der Waals surface area (Å²) in [5.41, 5.74) is 1.93. The summed E-state index contributed by atoms with van der Waals surface area (Å²) in [5.74, 6) is -0.320. The van der Waals surface area contributed by atoms with Crippen LogP contribution in [0.15, 0.2) is 36.4 Å². The Morgan fingerprint density at radius 1 is 1.06 bits per heavy atom. The molecule has 0 atom stereocenters. The highest BCUT2D eigenvalue weighted by Gasteiger charge is 2.09. The first-order valence-corrected chi connectivity index (χ1v) is 5.87. The summed E-state index contributed by atoms with van der Waals surface area (Å²) in [5, 5.41) is 0. The van der Waals surface area contributed by atoms with Gasteiger partial charge in [-0.15, -0.1) is 11.6 Å². The first kappa shape index (κ1) is 12.8. The van der Waals surface area contributed by atoms with E-state index in [1.54, 1.807) is 25.3 Å². The second-order valence-corrected chi connectivity index (χ2v) is 4.08. The van der Waals surface area contributed by atoms with Gasteiger partial charge in [-0.2, -0.15) is 0 Å². The monoisotopic (exact) mass is 268 g/mol. The fraction of sp³-hybridized carbons (Fsp3) is 0.143. The maximum absolute atomic E-state index is 13.2. The van der Waals surface area contributed by atoms with E-state index in [-0.39, 0.29) is 5.88 Å². The Hall–Kier alpha value is -1.61. The second kappa shape index (κ2) is 5.36. The summed E-state index contributed by atoms with van der Waals surface area (Å²) < 4.78 is 31.5. The van der Waals surface area contributed by atoms with Crippen molar-refractivity contribution in [2.24, 2.45) is 0 Å². The first-order chi connectivity index (χ1) is 8.63. The number of ether oxygens (including phenoxy) is 1. The van der Waals surface area contributed by atoms with Gasteiger partial charge in [0, 0.05) is 11.9 Å². The van der Waals surface area contributed by atoms with Gasteiger partial charge < -0.3 is 4.74 Å². The Kier molecular flexibility index (Phi) is 3.82. The van der Waals surface area contributed by atoms with Crippen molar-refractivity contribution in [3.05, 3.63) is 53.6 Å². The molecule has 2 aromatic rings. The summed E-state index contributed by atoms with van der Waals surface area (Å²) in [6.45, 7) is 0. The molecule has 0 bridgehead atoms. The average Bonchev–Trinajstić information content (AvgIpc) is 2.36. The molecule has 0 fully saturated rings. The van der Waals surface area contributed by atoms with Crippen molar-refractivity contribution in [3.8, 4) is 16.9 Å². The zero-order valence-corrected chi connectivity index (χ0v) is 10.5. The third kappa shape index (κ3) is 2.62. The van der Waals surface area contributed by atoms with E-state index in [4.69, 9.17) is 16.3 Å². The molecule has 18 heavy (non-hydrogen) atoms. The predicted molar refractivity (Wildman–Crippen MR) is 67.9 cm³/mol. The van der Waals surface area contributed by atoms with E-state index in [0.29, 0.717) is 16.9 Å². The predicted octanol–water partition coefficient (Wildman–Crippen LogP) is 4.38.